The van der Waals surface area contributed by atoms with Gasteiger partial charge in [-0.25, -0.2) is 0 Å². The van der Waals surface area contributed by atoms with E-state index in [1.807, 2.05) is 6.07 Å². The van der Waals surface area contributed by atoms with Crippen LogP contribution in [0, 0.1) is 0 Å². The molecule has 1 unspecified atom stereocenters. The number of halogens is 2. The Morgan fingerprint density at radius 2 is 1.22 bits per heavy atom. The van der Waals surface area contributed by atoms with Crippen LogP contribution in [0.15, 0.2) is 109 Å². The first-order valence-corrected chi connectivity index (χ1v) is 11.7. The van der Waals surface area contributed by atoms with Gasteiger partial charge in [0.05, 0.1) is 0 Å². The van der Waals surface area contributed by atoms with Crippen LogP contribution in [0.3, 0.4) is 0 Å². The van der Waals surface area contributed by atoms with Gasteiger partial charge in [-0.05, 0) is 0 Å². The Hall–Kier alpha value is -2.13. The van der Waals surface area contributed by atoms with Crippen LogP contribution in [-0.4, -0.2) is 0 Å². The summed E-state index contributed by atoms with van der Waals surface area (Å²) in [6, 6.07) is 38.8. The summed E-state index contributed by atoms with van der Waals surface area (Å²) in [5.74, 6) is 0.254. The van der Waals surface area contributed by atoms with Crippen LogP contribution in [0.5, 0.6) is 0 Å². The molecular weight excluding hydrogens is 471 g/mol. The number of hydrogen-bond acceptors (Lipinski definition) is 1. The fourth-order valence-corrected chi connectivity index (χ4v) is 5.56. The summed E-state index contributed by atoms with van der Waals surface area (Å²) in [5, 5.41) is 0. The van der Waals surface area contributed by atoms with E-state index in [0.717, 1.165) is 0 Å². The van der Waals surface area contributed by atoms with Crippen molar-refractivity contribution in [1.29, 1.82) is 0 Å². The Kier molecular flexibility index (Phi) is 8.93. The van der Waals surface area contributed by atoms with Crippen LogP contribution < -0.4 is 28.7 Å². The maximum Gasteiger partial charge on any atom is -1.00 e. The van der Waals surface area contributed by atoms with E-state index in [1.54, 1.807) is 0 Å². The second-order valence-electron chi connectivity index (χ2n) is 7.49. The van der Waals surface area contributed by atoms with Gasteiger partial charge in [-0.15, -0.1) is 0 Å². The van der Waals surface area contributed by atoms with Crippen molar-refractivity contribution in [3.8, 4) is 0 Å². The van der Waals surface area contributed by atoms with E-state index >= 15 is 0 Å². The van der Waals surface area contributed by atoms with E-state index in [-0.39, 0.29) is 30.7 Å². The van der Waals surface area contributed by atoms with Gasteiger partial charge in [-0.3, -0.25) is 0 Å². The number of fused-ring (bicyclic) bond motifs is 1. The van der Waals surface area contributed by atoms with Gasteiger partial charge in [-0.2, -0.15) is 0 Å². The third-order valence-corrected chi connectivity index (χ3v) is 7.08. The van der Waals surface area contributed by atoms with Gasteiger partial charge in [0.2, 0.25) is 0 Å². The van der Waals surface area contributed by atoms with Crippen molar-refractivity contribution in [2.45, 2.75) is 12.5 Å². The molecule has 0 saturated heterocycles. The molecule has 1 nitrogen and oxygen atoms in total. The van der Waals surface area contributed by atoms with Crippen molar-refractivity contribution in [3.05, 3.63) is 137 Å². The normalized spacial score (nSPS) is 13.8. The zero-order valence-corrected chi connectivity index (χ0v) is 20.5. The van der Waals surface area contributed by atoms with Gasteiger partial charge in [0.25, 0.3) is 0 Å². The molecule has 5 rings (SSSR count). The fourth-order valence-electron chi connectivity index (χ4n) is 4.15. The predicted octanol–water partition coefficient (Wildman–Crippen LogP) is 0.220. The van der Waals surface area contributed by atoms with Gasteiger partial charge in [0, 0.05) is 0 Å². The molecular formula is C28H22Cl2OTi. The zero-order chi connectivity index (χ0) is 20.2. The van der Waals surface area contributed by atoms with E-state index in [4.69, 9.17) is 3.32 Å². The first-order chi connectivity index (χ1) is 14.9. The number of allylic oxidation sites excluding steroid dienone is 1. The van der Waals surface area contributed by atoms with Crippen molar-refractivity contribution < 1.29 is 47.7 Å². The number of hydrogen-bond donors (Lipinski definition) is 0. The third kappa shape index (κ3) is 5.26. The molecule has 0 radical (unpaired) electrons. The molecule has 4 aromatic carbocycles. The van der Waals surface area contributed by atoms with E-state index in [0.29, 0.717) is 6.61 Å². The SMILES string of the molecule is C1=C(c2ccccc2)C(c2cccc[c]2[Ti+2][O]Cc2ccccc2)c2ccccc21.[Cl-].[Cl-]. The third-order valence-electron chi connectivity index (χ3n) is 5.57. The summed E-state index contributed by atoms with van der Waals surface area (Å²) in [5.41, 5.74) is 7.98. The van der Waals surface area contributed by atoms with Crippen molar-refractivity contribution in [2.24, 2.45) is 0 Å². The van der Waals surface area contributed by atoms with E-state index in [1.165, 1.54) is 37.3 Å². The topological polar surface area (TPSA) is 9.23 Å². The summed E-state index contributed by atoms with van der Waals surface area (Å²) in [6.45, 7) is 0.678. The van der Waals surface area contributed by atoms with E-state index < -0.39 is 19.5 Å². The largest absolute Gasteiger partial charge is 1.00 e. The Balaban J connectivity index is 0.00000144. The summed E-state index contributed by atoms with van der Waals surface area (Å²) >= 11 is -0.703. The van der Waals surface area contributed by atoms with E-state index in [2.05, 4.69) is 109 Å². The maximum atomic E-state index is 6.24. The predicted molar refractivity (Wildman–Crippen MR) is 120 cm³/mol. The average Bonchev–Trinajstić information content (AvgIpc) is 3.20. The minimum absolute atomic E-state index is 0. The van der Waals surface area contributed by atoms with Crippen molar-refractivity contribution in [3.63, 3.8) is 0 Å². The molecule has 4 heteroatoms. The van der Waals surface area contributed by atoms with Gasteiger partial charge >= 0.3 is 188 Å². The minimum atomic E-state index is -0.703. The van der Waals surface area contributed by atoms with Crippen LogP contribution >= 0.6 is 0 Å². The summed E-state index contributed by atoms with van der Waals surface area (Å²) in [6.07, 6.45) is 2.36. The molecule has 4 aromatic rings. The van der Waals surface area contributed by atoms with Crippen LogP contribution in [0.1, 0.15) is 33.7 Å². The second-order valence-corrected chi connectivity index (χ2v) is 9.10. The summed E-state index contributed by atoms with van der Waals surface area (Å²) < 4.78 is 7.61. The molecule has 0 N–H and O–H groups in total. The summed E-state index contributed by atoms with van der Waals surface area (Å²) in [7, 11) is 0. The summed E-state index contributed by atoms with van der Waals surface area (Å²) in [4.78, 5) is 0. The molecule has 0 aliphatic heterocycles. The molecule has 1 aliphatic rings. The van der Waals surface area contributed by atoms with E-state index in [9.17, 15) is 0 Å². The molecule has 0 heterocycles. The fraction of sp³-hybridized carbons (Fsp3) is 0.0714. The van der Waals surface area contributed by atoms with Crippen LogP contribution in [0.2, 0.25) is 0 Å². The first kappa shape index (κ1) is 24.5. The van der Waals surface area contributed by atoms with Crippen molar-refractivity contribution in [1.82, 2.24) is 0 Å². The molecule has 0 spiro atoms. The minimum Gasteiger partial charge on any atom is -1.00 e. The molecule has 0 saturated carbocycles. The standard InChI is InChI=1S/C21H15.C7H7O.2ClH.Ti/c1-3-9-16(10-4-1)20-15-18-13-7-8-14-19(18)21(20)17-11-5-2-6-12-17;8-6-7-4-2-1-3-5-7;;;/h1-11,13-15,21H;1-5H,6H2;2*1H;/q;-1;;;+3/p-2. The van der Waals surface area contributed by atoms with Crippen LogP contribution in [-0.2, 0) is 29.5 Å². The molecule has 158 valence electrons. The molecule has 32 heavy (non-hydrogen) atoms. The molecule has 1 aliphatic carbocycles. The number of benzene rings is 4. The molecule has 0 fully saturated rings. The van der Waals surface area contributed by atoms with Gasteiger partial charge in [-0.1, -0.05) is 0 Å². The Labute approximate surface area is 211 Å². The quantitative estimate of drug-likeness (QED) is 0.350. The Bertz CT molecular complexity index is 1180. The monoisotopic (exact) mass is 492 g/mol. The van der Waals surface area contributed by atoms with Gasteiger partial charge < -0.3 is 24.8 Å². The first-order valence-electron chi connectivity index (χ1n) is 10.3. The Morgan fingerprint density at radius 3 is 1.97 bits per heavy atom. The second kappa shape index (κ2) is 11.7. The zero-order valence-electron chi connectivity index (χ0n) is 17.4. The van der Waals surface area contributed by atoms with Crippen molar-refractivity contribution in [2.75, 3.05) is 0 Å². The number of rotatable bonds is 6. The maximum absolute atomic E-state index is 6.24. The molecule has 0 aromatic heterocycles. The van der Waals surface area contributed by atoms with Gasteiger partial charge in [0.15, 0.2) is 0 Å². The van der Waals surface area contributed by atoms with Crippen LogP contribution in [0.25, 0.3) is 11.6 Å². The van der Waals surface area contributed by atoms with Crippen molar-refractivity contribution >= 4 is 15.5 Å². The molecule has 1 atom stereocenters. The molecule has 0 bridgehead atoms. The molecule has 0 amide bonds. The van der Waals surface area contributed by atoms with Crippen LogP contribution in [0.4, 0.5) is 0 Å². The Morgan fingerprint density at radius 1 is 0.625 bits per heavy atom. The van der Waals surface area contributed by atoms with Gasteiger partial charge in [0.1, 0.15) is 0 Å². The average molecular weight is 493 g/mol. The smallest absolute Gasteiger partial charge is 1.00 e.